The zero-order valence-corrected chi connectivity index (χ0v) is 5.95. The van der Waals surface area contributed by atoms with Crippen LogP contribution in [0.3, 0.4) is 0 Å². The summed E-state index contributed by atoms with van der Waals surface area (Å²) in [5.74, 6) is 0.907. The summed E-state index contributed by atoms with van der Waals surface area (Å²) in [6, 6.07) is 0. The van der Waals surface area contributed by atoms with Gasteiger partial charge in [0.25, 0.3) is 0 Å². The molecule has 0 aromatic carbocycles. The predicted octanol–water partition coefficient (Wildman–Crippen LogP) is 0.491. The highest BCUT2D eigenvalue weighted by Crippen LogP contribution is 1.71. The Bertz CT molecular complexity index is 36.0. The summed E-state index contributed by atoms with van der Waals surface area (Å²) in [4.78, 5) is 0. The van der Waals surface area contributed by atoms with Gasteiger partial charge in [-0.05, 0) is 19.5 Å². The van der Waals surface area contributed by atoms with Crippen molar-refractivity contribution in [3.05, 3.63) is 0 Å². The minimum atomic E-state index is 0. The van der Waals surface area contributed by atoms with Crippen molar-refractivity contribution in [3.8, 4) is 0 Å². The maximum atomic E-state index is 5.25. The van der Waals surface area contributed by atoms with Crippen LogP contribution in [0.25, 0.3) is 0 Å². The number of thiol groups is 1. The van der Waals surface area contributed by atoms with Gasteiger partial charge in [-0.1, -0.05) is 7.43 Å². The Labute approximate surface area is 63.6 Å². The molecule has 0 saturated carbocycles. The first-order valence-electron chi connectivity index (χ1n) is 2.93. The molecule has 3 heteroatoms. The number of nitrogens with two attached hydrogens (primary N) is 1. The van der Waals surface area contributed by atoms with Crippen LogP contribution in [-0.2, 0) is 0 Å². The Balaban J connectivity index is 0. The van der Waals surface area contributed by atoms with Gasteiger partial charge >= 0.3 is 0 Å². The summed E-state index contributed by atoms with van der Waals surface area (Å²) in [5, 5.41) is 3.18. The van der Waals surface area contributed by atoms with Crippen molar-refractivity contribution in [1.82, 2.24) is 5.32 Å². The third kappa shape index (κ3) is 11.7. The largest absolute Gasteiger partial charge is 0.330 e. The van der Waals surface area contributed by atoms with E-state index in [-0.39, 0.29) is 7.43 Å². The van der Waals surface area contributed by atoms with E-state index >= 15 is 0 Å². The van der Waals surface area contributed by atoms with Gasteiger partial charge < -0.3 is 11.1 Å². The van der Waals surface area contributed by atoms with E-state index in [1.807, 2.05) is 0 Å². The summed E-state index contributed by atoms with van der Waals surface area (Å²) < 4.78 is 0. The molecule has 0 saturated heterocycles. The van der Waals surface area contributed by atoms with Crippen molar-refractivity contribution in [2.45, 2.75) is 13.8 Å². The number of rotatable bonds is 5. The average molecular weight is 150 g/mol. The van der Waals surface area contributed by atoms with Gasteiger partial charge in [-0.15, -0.1) is 0 Å². The Morgan fingerprint density at radius 1 is 1.33 bits per heavy atom. The van der Waals surface area contributed by atoms with Gasteiger partial charge in [0.2, 0.25) is 0 Å². The van der Waals surface area contributed by atoms with E-state index in [4.69, 9.17) is 5.73 Å². The van der Waals surface area contributed by atoms with E-state index in [2.05, 4.69) is 17.9 Å². The Morgan fingerprint density at radius 2 is 2.00 bits per heavy atom. The smallest absolute Gasteiger partial charge is 0.00397 e. The van der Waals surface area contributed by atoms with Crippen molar-refractivity contribution in [2.75, 3.05) is 25.4 Å². The van der Waals surface area contributed by atoms with Crippen LogP contribution in [0.1, 0.15) is 13.8 Å². The molecule has 0 atom stereocenters. The summed E-state index contributed by atoms with van der Waals surface area (Å²) >= 11 is 4.03. The van der Waals surface area contributed by atoms with Crippen LogP contribution in [0.15, 0.2) is 0 Å². The fraction of sp³-hybridized carbons (Fsp3) is 1.00. The summed E-state index contributed by atoms with van der Waals surface area (Å²) in [6.07, 6.45) is 1.06. The lowest BCUT2D eigenvalue weighted by Gasteiger charge is -1.97. The molecular weight excluding hydrogens is 132 g/mol. The van der Waals surface area contributed by atoms with Crippen LogP contribution in [-0.4, -0.2) is 25.4 Å². The van der Waals surface area contributed by atoms with Gasteiger partial charge in [-0.25, -0.2) is 0 Å². The van der Waals surface area contributed by atoms with Gasteiger partial charge in [0.1, 0.15) is 0 Å². The maximum Gasteiger partial charge on any atom is 0.00397 e. The second-order valence-corrected chi connectivity index (χ2v) is 2.06. The standard InChI is InChI=1S/C5H14N2S.CH4/c6-2-1-3-7-4-5-8;/h7-8H,1-6H2;1H4. The van der Waals surface area contributed by atoms with Gasteiger partial charge in [0.15, 0.2) is 0 Å². The Morgan fingerprint density at radius 3 is 2.44 bits per heavy atom. The molecule has 0 rings (SSSR count). The van der Waals surface area contributed by atoms with Crippen molar-refractivity contribution < 1.29 is 0 Å². The highest BCUT2D eigenvalue weighted by molar-refractivity contribution is 7.80. The molecular formula is C6H18N2S. The molecule has 0 unspecified atom stereocenters. The van der Waals surface area contributed by atoms with E-state index in [0.29, 0.717) is 0 Å². The monoisotopic (exact) mass is 150 g/mol. The normalized spacial score (nSPS) is 8.67. The molecule has 0 spiro atoms. The molecule has 58 valence electrons. The average Bonchev–Trinajstić information content (AvgIpc) is 1.81. The molecule has 0 radical (unpaired) electrons. The molecule has 0 aromatic rings. The zero-order valence-electron chi connectivity index (χ0n) is 5.06. The number of hydrogen-bond acceptors (Lipinski definition) is 3. The molecule has 2 nitrogen and oxygen atoms in total. The van der Waals surface area contributed by atoms with Gasteiger partial charge in [0, 0.05) is 12.3 Å². The molecule has 0 amide bonds. The van der Waals surface area contributed by atoms with Gasteiger partial charge in [-0.2, -0.15) is 12.6 Å². The Hall–Kier alpha value is 0.270. The van der Waals surface area contributed by atoms with Crippen LogP contribution in [0.5, 0.6) is 0 Å². The number of nitrogens with one attached hydrogen (secondary N) is 1. The minimum absolute atomic E-state index is 0. The van der Waals surface area contributed by atoms with E-state index in [1.54, 1.807) is 0 Å². The highest BCUT2D eigenvalue weighted by Gasteiger charge is 1.80. The molecule has 0 aliphatic carbocycles. The number of hydrogen-bond donors (Lipinski definition) is 3. The van der Waals surface area contributed by atoms with Crippen LogP contribution < -0.4 is 11.1 Å². The lowest BCUT2D eigenvalue weighted by molar-refractivity contribution is 0.683. The Kier molecular flexibility index (Phi) is 14.8. The topological polar surface area (TPSA) is 38.0 Å². The van der Waals surface area contributed by atoms with Crippen LogP contribution >= 0.6 is 12.6 Å². The predicted molar refractivity (Wildman–Crippen MR) is 47.1 cm³/mol. The van der Waals surface area contributed by atoms with E-state index in [9.17, 15) is 0 Å². The molecule has 0 bridgehead atoms. The quantitative estimate of drug-likeness (QED) is 0.394. The van der Waals surface area contributed by atoms with Crippen molar-refractivity contribution in [1.29, 1.82) is 0 Å². The first kappa shape index (κ1) is 12.0. The lowest BCUT2D eigenvalue weighted by atomic mass is 10.4. The second-order valence-electron chi connectivity index (χ2n) is 1.62. The second kappa shape index (κ2) is 11.1. The zero-order chi connectivity index (χ0) is 6.24. The molecule has 0 aliphatic heterocycles. The summed E-state index contributed by atoms with van der Waals surface area (Å²) in [6.45, 7) is 2.79. The first-order chi connectivity index (χ1) is 3.91. The highest BCUT2D eigenvalue weighted by atomic mass is 32.1. The molecule has 0 fully saturated rings. The van der Waals surface area contributed by atoms with Crippen molar-refractivity contribution in [2.24, 2.45) is 5.73 Å². The SMILES string of the molecule is C.NCCCNCCS. The van der Waals surface area contributed by atoms with Gasteiger partial charge in [-0.3, -0.25) is 0 Å². The fourth-order valence-corrected chi connectivity index (χ4v) is 0.589. The van der Waals surface area contributed by atoms with Crippen LogP contribution in [0.4, 0.5) is 0 Å². The lowest BCUT2D eigenvalue weighted by Crippen LogP contribution is -2.20. The summed E-state index contributed by atoms with van der Waals surface area (Å²) in [7, 11) is 0. The van der Waals surface area contributed by atoms with E-state index in [1.165, 1.54) is 0 Å². The molecule has 0 aromatic heterocycles. The van der Waals surface area contributed by atoms with Crippen molar-refractivity contribution in [3.63, 3.8) is 0 Å². The van der Waals surface area contributed by atoms with E-state index in [0.717, 1.165) is 31.8 Å². The molecule has 0 aliphatic rings. The molecule has 3 N–H and O–H groups in total. The van der Waals surface area contributed by atoms with E-state index < -0.39 is 0 Å². The minimum Gasteiger partial charge on any atom is -0.330 e. The summed E-state index contributed by atoms with van der Waals surface area (Å²) in [5.41, 5.74) is 5.25. The van der Waals surface area contributed by atoms with Crippen LogP contribution in [0, 0.1) is 0 Å². The fourth-order valence-electron chi connectivity index (χ4n) is 0.431. The first-order valence-corrected chi connectivity index (χ1v) is 3.56. The third-order valence-electron chi connectivity index (χ3n) is 0.846. The third-order valence-corrected chi connectivity index (χ3v) is 1.07. The maximum absolute atomic E-state index is 5.25. The van der Waals surface area contributed by atoms with Crippen molar-refractivity contribution >= 4 is 12.6 Å². The van der Waals surface area contributed by atoms with Gasteiger partial charge in [0.05, 0.1) is 0 Å². The van der Waals surface area contributed by atoms with Crippen LogP contribution in [0.2, 0.25) is 0 Å². The molecule has 9 heavy (non-hydrogen) atoms. The molecule has 0 heterocycles.